The zero-order chi connectivity index (χ0) is 11.8. The fourth-order valence-corrected chi connectivity index (χ4v) is 6.90. The summed E-state index contributed by atoms with van der Waals surface area (Å²) in [5, 5.41) is 3.84. The van der Waals surface area contributed by atoms with Crippen LogP contribution in [0.25, 0.3) is 0 Å². The van der Waals surface area contributed by atoms with Crippen LogP contribution in [0.5, 0.6) is 0 Å². The topological polar surface area (TPSA) is 12.0 Å². The Labute approximate surface area is 106 Å². The summed E-state index contributed by atoms with van der Waals surface area (Å²) in [5.41, 5.74) is 0.529. The van der Waals surface area contributed by atoms with Crippen LogP contribution in [0, 0.1) is 41.4 Å². The summed E-state index contributed by atoms with van der Waals surface area (Å²) in [5.74, 6) is 7.23. The van der Waals surface area contributed by atoms with Crippen LogP contribution >= 0.6 is 0 Å². The summed E-state index contributed by atoms with van der Waals surface area (Å²) in [6.07, 6.45) is 7.68. The maximum atomic E-state index is 3.84. The van der Waals surface area contributed by atoms with Crippen molar-refractivity contribution in [2.45, 2.75) is 51.5 Å². The van der Waals surface area contributed by atoms with E-state index in [0.717, 1.165) is 41.4 Å². The zero-order valence-electron chi connectivity index (χ0n) is 11.6. The Morgan fingerprint density at radius 3 is 2.47 bits per heavy atom. The SMILES string of the molecule is CNC12C[C@@H]3CC(C4CC(C)CC1[C@H]4C3)C2C. The zero-order valence-corrected chi connectivity index (χ0v) is 11.6. The van der Waals surface area contributed by atoms with Gasteiger partial charge in [0, 0.05) is 5.54 Å². The minimum atomic E-state index is 0.529. The quantitative estimate of drug-likeness (QED) is 0.733. The molecule has 17 heavy (non-hydrogen) atoms. The van der Waals surface area contributed by atoms with Crippen LogP contribution < -0.4 is 5.32 Å². The molecule has 0 heterocycles. The molecule has 1 N–H and O–H groups in total. The minimum Gasteiger partial charge on any atom is -0.314 e. The Balaban J connectivity index is 1.81. The van der Waals surface area contributed by atoms with E-state index in [0.29, 0.717) is 5.54 Å². The highest BCUT2D eigenvalue weighted by molar-refractivity contribution is 5.17. The molecule has 5 fully saturated rings. The van der Waals surface area contributed by atoms with Crippen molar-refractivity contribution in [3.05, 3.63) is 0 Å². The van der Waals surface area contributed by atoms with Gasteiger partial charge in [-0.3, -0.25) is 0 Å². The van der Waals surface area contributed by atoms with Gasteiger partial charge in [-0.2, -0.15) is 0 Å². The van der Waals surface area contributed by atoms with Crippen molar-refractivity contribution in [3.8, 4) is 0 Å². The van der Waals surface area contributed by atoms with Crippen molar-refractivity contribution >= 4 is 0 Å². The molecule has 5 rings (SSSR count). The fourth-order valence-electron chi connectivity index (χ4n) is 6.90. The average molecular weight is 233 g/mol. The molecule has 96 valence electrons. The predicted molar refractivity (Wildman–Crippen MR) is 70.7 cm³/mol. The van der Waals surface area contributed by atoms with Crippen molar-refractivity contribution in [1.29, 1.82) is 0 Å². The van der Waals surface area contributed by atoms with Gasteiger partial charge >= 0.3 is 0 Å². The highest BCUT2D eigenvalue weighted by atomic mass is 15.0. The monoisotopic (exact) mass is 233 g/mol. The molecular formula is C16H27N. The van der Waals surface area contributed by atoms with Gasteiger partial charge in [-0.15, -0.1) is 0 Å². The van der Waals surface area contributed by atoms with E-state index in [4.69, 9.17) is 0 Å². The molecule has 0 spiro atoms. The molecule has 0 radical (unpaired) electrons. The van der Waals surface area contributed by atoms with E-state index in [2.05, 4.69) is 26.2 Å². The third-order valence-corrected chi connectivity index (χ3v) is 7.37. The first-order valence-corrected chi connectivity index (χ1v) is 7.84. The molecule has 6 unspecified atom stereocenters. The Kier molecular flexibility index (Phi) is 2.10. The van der Waals surface area contributed by atoms with E-state index in [9.17, 15) is 0 Å². The number of hydrogen-bond acceptors (Lipinski definition) is 1. The van der Waals surface area contributed by atoms with Crippen LogP contribution in [0.15, 0.2) is 0 Å². The molecule has 1 nitrogen and oxygen atoms in total. The number of nitrogens with one attached hydrogen (secondary N) is 1. The van der Waals surface area contributed by atoms with Crippen LogP contribution in [0.1, 0.15) is 46.0 Å². The first kappa shape index (κ1) is 10.8. The van der Waals surface area contributed by atoms with E-state index in [1.165, 1.54) is 12.8 Å². The maximum absolute atomic E-state index is 3.84. The van der Waals surface area contributed by atoms with Gasteiger partial charge in [-0.05, 0) is 80.6 Å². The summed E-state index contributed by atoms with van der Waals surface area (Å²) in [4.78, 5) is 0. The third kappa shape index (κ3) is 1.15. The molecule has 6 bridgehead atoms. The van der Waals surface area contributed by atoms with Gasteiger partial charge in [0.15, 0.2) is 0 Å². The summed E-state index contributed by atoms with van der Waals surface area (Å²) in [7, 11) is 2.25. The molecule has 1 heteroatoms. The maximum Gasteiger partial charge on any atom is 0.0240 e. The fraction of sp³-hybridized carbons (Fsp3) is 1.00. The van der Waals surface area contributed by atoms with Gasteiger partial charge in [0.05, 0.1) is 0 Å². The van der Waals surface area contributed by atoms with Crippen molar-refractivity contribution < 1.29 is 0 Å². The molecule has 8 atom stereocenters. The Hall–Kier alpha value is -0.0400. The van der Waals surface area contributed by atoms with Gasteiger partial charge < -0.3 is 5.32 Å². The van der Waals surface area contributed by atoms with Crippen LogP contribution in [-0.4, -0.2) is 12.6 Å². The van der Waals surface area contributed by atoms with Gasteiger partial charge in [-0.1, -0.05) is 13.8 Å². The lowest BCUT2D eigenvalue weighted by atomic mass is 9.38. The molecule has 0 amide bonds. The van der Waals surface area contributed by atoms with E-state index in [1.54, 1.807) is 19.3 Å². The van der Waals surface area contributed by atoms with E-state index in [-0.39, 0.29) is 0 Å². The lowest BCUT2D eigenvalue weighted by Crippen LogP contribution is -2.71. The van der Waals surface area contributed by atoms with Crippen molar-refractivity contribution in [2.75, 3.05) is 7.05 Å². The summed E-state index contributed by atoms with van der Waals surface area (Å²) >= 11 is 0. The Bertz CT molecular complexity index is 328. The predicted octanol–water partition coefficient (Wildman–Crippen LogP) is 3.30. The lowest BCUT2D eigenvalue weighted by molar-refractivity contribution is -0.179. The molecular weight excluding hydrogens is 206 g/mol. The normalized spacial score (nSPS) is 64.1. The van der Waals surface area contributed by atoms with Crippen LogP contribution in [-0.2, 0) is 0 Å². The second kappa shape index (κ2) is 3.29. The van der Waals surface area contributed by atoms with Gasteiger partial charge in [-0.25, -0.2) is 0 Å². The van der Waals surface area contributed by atoms with Crippen molar-refractivity contribution in [3.63, 3.8) is 0 Å². The molecule has 0 saturated heterocycles. The summed E-state index contributed by atoms with van der Waals surface area (Å²) in [6, 6.07) is 0. The summed E-state index contributed by atoms with van der Waals surface area (Å²) in [6.45, 7) is 5.07. The van der Waals surface area contributed by atoms with E-state index < -0.39 is 0 Å². The molecule has 5 aliphatic carbocycles. The van der Waals surface area contributed by atoms with Crippen molar-refractivity contribution in [2.24, 2.45) is 41.4 Å². The van der Waals surface area contributed by atoms with Gasteiger partial charge in [0.2, 0.25) is 0 Å². The van der Waals surface area contributed by atoms with Gasteiger partial charge in [0.25, 0.3) is 0 Å². The largest absolute Gasteiger partial charge is 0.314 e. The molecule has 5 aliphatic rings. The Morgan fingerprint density at radius 1 is 0.941 bits per heavy atom. The van der Waals surface area contributed by atoms with E-state index >= 15 is 0 Å². The molecule has 0 aromatic carbocycles. The van der Waals surface area contributed by atoms with Crippen LogP contribution in [0.2, 0.25) is 0 Å². The van der Waals surface area contributed by atoms with Crippen LogP contribution in [0.3, 0.4) is 0 Å². The number of hydrogen-bond donors (Lipinski definition) is 1. The van der Waals surface area contributed by atoms with Crippen LogP contribution in [0.4, 0.5) is 0 Å². The molecule has 0 aromatic rings. The van der Waals surface area contributed by atoms with E-state index in [1.807, 2.05) is 0 Å². The Morgan fingerprint density at radius 2 is 1.71 bits per heavy atom. The van der Waals surface area contributed by atoms with Crippen molar-refractivity contribution in [1.82, 2.24) is 5.32 Å². The average Bonchev–Trinajstić information content (AvgIpc) is 2.33. The third-order valence-electron chi connectivity index (χ3n) is 7.37. The number of rotatable bonds is 1. The molecule has 5 saturated carbocycles. The standard InChI is InChI=1S/C16H27N/c1-9-4-13-12-6-11-7-14(13)15(5-9)16(8-11,17-3)10(12)2/h9-15,17H,4-8H2,1-3H3/t9?,10?,11-,12?,13?,14+,15?,16?/m1/s1. The minimum absolute atomic E-state index is 0.529. The second-order valence-electron chi connectivity index (χ2n) is 7.80. The molecule has 0 aliphatic heterocycles. The van der Waals surface area contributed by atoms with Gasteiger partial charge in [0.1, 0.15) is 0 Å². The molecule has 0 aromatic heterocycles. The highest BCUT2D eigenvalue weighted by Gasteiger charge is 2.64. The summed E-state index contributed by atoms with van der Waals surface area (Å²) < 4.78 is 0. The smallest absolute Gasteiger partial charge is 0.0240 e. The first-order valence-electron chi connectivity index (χ1n) is 7.84. The first-order chi connectivity index (χ1) is 8.15. The highest BCUT2D eigenvalue weighted by Crippen LogP contribution is 2.67. The second-order valence-corrected chi connectivity index (χ2v) is 7.80. The lowest BCUT2D eigenvalue weighted by Gasteiger charge is -2.70.